The van der Waals surface area contributed by atoms with Crippen molar-refractivity contribution in [1.29, 1.82) is 0 Å². The van der Waals surface area contributed by atoms with Crippen molar-refractivity contribution < 1.29 is 4.74 Å². The van der Waals surface area contributed by atoms with E-state index >= 15 is 0 Å². The molecule has 0 amide bonds. The fraction of sp³-hybridized carbons (Fsp3) is 0.600. The van der Waals surface area contributed by atoms with Crippen molar-refractivity contribution in [2.45, 2.75) is 46.1 Å². The Bertz CT molecular complexity index is 312. The van der Waals surface area contributed by atoms with Crippen molar-refractivity contribution in [3.8, 4) is 0 Å². The lowest BCUT2D eigenvalue weighted by molar-refractivity contribution is 0.0820. The molecule has 0 unspecified atom stereocenters. The van der Waals surface area contributed by atoms with Crippen LogP contribution in [0.1, 0.15) is 45.1 Å². The highest BCUT2D eigenvalue weighted by Crippen LogP contribution is 2.14. The van der Waals surface area contributed by atoms with Crippen LogP contribution >= 0.6 is 0 Å². The summed E-state index contributed by atoms with van der Waals surface area (Å²) in [5.41, 5.74) is 7.70. The molecule has 0 radical (unpaired) electrons. The maximum absolute atomic E-state index is 5.77. The lowest BCUT2D eigenvalue weighted by atomic mass is 10.0. The van der Waals surface area contributed by atoms with Gasteiger partial charge in [0.1, 0.15) is 0 Å². The Kier molecular flexibility index (Phi) is 6.71. The first-order valence-corrected chi connectivity index (χ1v) is 6.68. The first-order chi connectivity index (χ1) is 8.26. The standard InChI is InChI=1S/C15H25NO/c1-3-5-7-13(4-2)11-17-12-14-8-6-9-15(16)10-14/h6,8-10,13H,3-5,7,11-12,16H2,1-2H3/t13-/m0/s1. The van der Waals surface area contributed by atoms with Gasteiger partial charge in [-0.3, -0.25) is 0 Å². The van der Waals surface area contributed by atoms with E-state index < -0.39 is 0 Å². The molecule has 1 aromatic carbocycles. The van der Waals surface area contributed by atoms with E-state index in [0.717, 1.165) is 17.9 Å². The average Bonchev–Trinajstić information content (AvgIpc) is 2.33. The van der Waals surface area contributed by atoms with Crippen LogP contribution in [-0.2, 0) is 11.3 Å². The number of ether oxygens (including phenoxy) is 1. The van der Waals surface area contributed by atoms with Crippen LogP contribution < -0.4 is 5.73 Å². The maximum Gasteiger partial charge on any atom is 0.0717 e. The highest BCUT2D eigenvalue weighted by atomic mass is 16.5. The second-order valence-corrected chi connectivity index (χ2v) is 4.68. The van der Waals surface area contributed by atoms with E-state index in [1.54, 1.807) is 0 Å². The van der Waals surface area contributed by atoms with Crippen molar-refractivity contribution in [1.82, 2.24) is 0 Å². The molecule has 0 heterocycles. The summed E-state index contributed by atoms with van der Waals surface area (Å²) in [6.07, 6.45) is 5.06. The number of hydrogen-bond donors (Lipinski definition) is 1. The van der Waals surface area contributed by atoms with Crippen molar-refractivity contribution >= 4 is 5.69 Å². The Labute approximate surface area is 105 Å². The van der Waals surface area contributed by atoms with E-state index in [9.17, 15) is 0 Å². The van der Waals surface area contributed by atoms with Crippen molar-refractivity contribution in [2.24, 2.45) is 5.92 Å². The molecule has 1 atom stereocenters. The largest absolute Gasteiger partial charge is 0.399 e. The average molecular weight is 235 g/mol. The van der Waals surface area contributed by atoms with Crippen LogP contribution in [0.4, 0.5) is 5.69 Å². The third-order valence-corrected chi connectivity index (χ3v) is 3.12. The third-order valence-electron chi connectivity index (χ3n) is 3.12. The van der Waals surface area contributed by atoms with E-state index in [0.29, 0.717) is 12.5 Å². The monoisotopic (exact) mass is 235 g/mol. The number of hydrogen-bond acceptors (Lipinski definition) is 2. The molecule has 0 aliphatic rings. The van der Waals surface area contributed by atoms with Crippen molar-refractivity contribution in [2.75, 3.05) is 12.3 Å². The Morgan fingerprint density at radius 1 is 1.29 bits per heavy atom. The molecule has 0 fully saturated rings. The number of rotatable bonds is 8. The first kappa shape index (κ1) is 14.0. The van der Waals surface area contributed by atoms with Gasteiger partial charge in [0.15, 0.2) is 0 Å². The Hall–Kier alpha value is -1.02. The van der Waals surface area contributed by atoms with Gasteiger partial charge in [-0.05, 0) is 30.0 Å². The van der Waals surface area contributed by atoms with E-state index in [-0.39, 0.29) is 0 Å². The van der Waals surface area contributed by atoms with E-state index in [1.807, 2.05) is 18.2 Å². The molecule has 1 aromatic rings. The third kappa shape index (κ3) is 5.73. The number of nitrogens with two attached hydrogens (primary N) is 1. The quantitative estimate of drug-likeness (QED) is 0.691. The highest BCUT2D eigenvalue weighted by Gasteiger charge is 2.05. The molecule has 2 nitrogen and oxygen atoms in total. The number of anilines is 1. The van der Waals surface area contributed by atoms with Crippen LogP contribution in [0.2, 0.25) is 0 Å². The minimum Gasteiger partial charge on any atom is -0.399 e. The topological polar surface area (TPSA) is 35.2 Å². The van der Waals surface area contributed by atoms with Gasteiger partial charge in [-0.1, -0.05) is 45.2 Å². The van der Waals surface area contributed by atoms with E-state index in [1.165, 1.54) is 25.7 Å². The number of benzene rings is 1. The zero-order chi connectivity index (χ0) is 12.5. The lowest BCUT2D eigenvalue weighted by Gasteiger charge is -2.14. The van der Waals surface area contributed by atoms with Crippen LogP contribution in [0, 0.1) is 5.92 Å². The molecule has 1 rings (SSSR count). The SMILES string of the molecule is CCCC[C@H](CC)COCc1cccc(N)c1. The highest BCUT2D eigenvalue weighted by molar-refractivity contribution is 5.40. The Morgan fingerprint density at radius 3 is 2.76 bits per heavy atom. The van der Waals surface area contributed by atoms with Gasteiger partial charge >= 0.3 is 0 Å². The normalized spacial score (nSPS) is 12.6. The summed E-state index contributed by atoms with van der Waals surface area (Å²) in [6, 6.07) is 7.92. The van der Waals surface area contributed by atoms with Crippen LogP contribution in [0.3, 0.4) is 0 Å². The predicted molar refractivity (Wildman–Crippen MR) is 73.8 cm³/mol. The molecule has 96 valence electrons. The molecule has 2 N–H and O–H groups in total. The minimum absolute atomic E-state index is 0.674. The molecular weight excluding hydrogens is 210 g/mol. The summed E-state index contributed by atoms with van der Waals surface area (Å²) < 4.78 is 5.77. The molecule has 0 aromatic heterocycles. The Balaban J connectivity index is 2.26. The predicted octanol–water partition coefficient (Wildman–Crippen LogP) is 4.00. The summed E-state index contributed by atoms with van der Waals surface area (Å²) in [5, 5.41) is 0. The van der Waals surface area contributed by atoms with E-state index in [2.05, 4.69) is 19.9 Å². The molecule has 0 aliphatic heterocycles. The summed E-state index contributed by atoms with van der Waals surface area (Å²) in [7, 11) is 0. The molecular formula is C15H25NO. The summed E-state index contributed by atoms with van der Waals surface area (Å²) >= 11 is 0. The zero-order valence-electron chi connectivity index (χ0n) is 11.1. The molecule has 0 saturated heterocycles. The van der Waals surface area contributed by atoms with Crippen LogP contribution in [0.25, 0.3) is 0 Å². The Morgan fingerprint density at radius 2 is 2.12 bits per heavy atom. The van der Waals surface area contributed by atoms with Gasteiger partial charge in [-0.2, -0.15) is 0 Å². The van der Waals surface area contributed by atoms with Gasteiger partial charge < -0.3 is 10.5 Å². The summed E-state index contributed by atoms with van der Waals surface area (Å²) in [6.45, 7) is 6.02. The van der Waals surface area contributed by atoms with Crippen molar-refractivity contribution in [3.63, 3.8) is 0 Å². The van der Waals surface area contributed by atoms with Crippen LogP contribution in [0.15, 0.2) is 24.3 Å². The first-order valence-electron chi connectivity index (χ1n) is 6.68. The van der Waals surface area contributed by atoms with Gasteiger partial charge in [0, 0.05) is 12.3 Å². The van der Waals surface area contributed by atoms with Gasteiger partial charge in [0.2, 0.25) is 0 Å². The van der Waals surface area contributed by atoms with Gasteiger partial charge in [0.25, 0.3) is 0 Å². The van der Waals surface area contributed by atoms with Gasteiger partial charge in [-0.15, -0.1) is 0 Å². The molecule has 0 saturated carbocycles. The van der Waals surface area contributed by atoms with Crippen molar-refractivity contribution in [3.05, 3.63) is 29.8 Å². The fourth-order valence-corrected chi connectivity index (χ4v) is 1.92. The molecule has 17 heavy (non-hydrogen) atoms. The number of unbranched alkanes of at least 4 members (excludes halogenated alkanes) is 1. The molecule has 0 bridgehead atoms. The summed E-state index contributed by atoms with van der Waals surface area (Å²) in [5.74, 6) is 0.705. The van der Waals surface area contributed by atoms with Crippen LogP contribution in [-0.4, -0.2) is 6.61 Å². The van der Waals surface area contributed by atoms with Crippen LogP contribution in [0.5, 0.6) is 0 Å². The van der Waals surface area contributed by atoms with Gasteiger partial charge in [-0.25, -0.2) is 0 Å². The molecule has 0 spiro atoms. The summed E-state index contributed by atoms with van der Waals surface area (Å²) in [4.78, 5) is 0. The molecule has 2 heteroatoms. The minimum atomic E-state index is 0.674. The second kappa shape index (κ2) is 8.13. The fourth-order valence-electron chi connectivity index (χ4n) is 1.92. The zero-order valence-corrected chi connectivity index (χ0v) is 11.1. The smallest absolute Gasteiger partial charge is 0.0717 e. The van der Waals surface area contributed by atoms with E-state index in [4.69, 9.17) is 10.5 Å². The van der Waals surface area contributed by atoms with Gasteiger partial charge in [0.05, 0.1) is 6.61 Å². The second-order valence-electron chi connectivity index (χ2n) is 4.68. The molecule has 0 aliphatic carbocycles. The lowest BCUT2D eigenvalue weighted by Crippen LogP contribution is -2.08. The maximum atomic E-state index is 5.77. The number of nitrogen functional groups attached to an aromatic ring is 1.